The van der Waals surface area contributed by atoms with E-state index in [4.69, 9.17) is 16.9 Å². The third kappa shape index (κ3) is 2.87. The van der Waals surface area contributed by atoms with Gasteiger partial charge in [-0.25, -0.2) is 4.39 Å². The molecule has 2 nitrogen and oxygen atoms in total. The second-order valence-corrected chi connectivity index (χ2v) is 5.03. The van der Waals surface area contributed by atoms with Crippen LogP contribution in [0.1, 0.15) is 19.4 Å². The van der Waals surface area contributed by atoms with E-state index in [9.17, 15) is 4.39 Å². The average Bonchev–Trinajstić information content (AvgIpc) is 2.23. The van der Waals surface area contributed by atoms with E-state index in [2.05, 4.69) is 21.2 Å². The highest BCUT2D eigenvalue weighted by Crippen LogP contribution is 2.32. The number of hydrogen-bond donors (Lipinski definition) is 1. The maximum atomic E-state index is 13.6. The van der Waals surface area contributed by atoms with Crippen molar-refractivity contribution in [3.8, 4) is 6.07 Å². The largest absolute Gasteiger partial charge is 0.384 e. The minimum Gasteiger partial charge on any atom is -0.384 e. The fourth-order valence-corrected chi connectivity index (χ4v) is 1.71. The molecule has 0 fully saturated rings. The van der Waals surface area contributed by atoms with Crippen LogP contribution in [0.3, 0.4) is 0 Å². The Morgan fingerprint density at radius 2 is 2.25 bits per heavy atom. The lowest BCUT2D eigenvalue weighted by Gasteiger charge is -2.12. The first-order chi connectivity index (χ1) is 7.47. The van der Waals surface area contributed by atoms with Gasteiger partial charge < -0.3 is 5.32 Å². The number of benzene rings is 1. The molecular formula is C11H11BrClFN2. The number of nitrogens with zero attached hydrogens (tertiary/aromatic N) is 1. The van der Waals surface area contributed by atoms with E-state index < -0.39 is 5.82 Å². The summed E-state index contributed by atoms with van der Waals surface area (Å²) < 4.78 is 14.1. The zero-order chi connectivity index (χ0) is 12.3. The number of hydrogen-bond acceptors (Lipinski definition) is 2. The normalized spacial score (nSPS) is 10.3. The van der Waals surface area contributed by atoms with Crippen LogP contribution >= 0.6 is 27.5 Å². The number of rotatable bonds is 3. The summed E-state index contributed by atoms with van der Waals surface area (Å²) in [4.78, 5) is 0. The molecule has 16 heavy (non-hydrogen) atoms. The van der Waals surface area contributed by atoms with Crippen LogP contribution in [0.25, 0.3) is 0 Å². The second kappa shape index (κ2) is 5.51. The summed E-state index contributed by atoms with van der Waals surface area (Å²) in [6.45, 7) is 4.73. The fourth-order valence-electron chi connectivity index (χ4n) is 1.16. The first-order valence-electron chi connectivity index (χ1n) is 4.78. The van der Waals surface area contributed by atoms with E-state index in [1.165, 1.54) is 0 Å². The summed E-state index contributed by atoms with van der Waals surface area (Å²) in [7, 11) is 0. The second-order valence-electron chi connectivity index (χ2n) is 3.80. The van der Waals surface area contributed by atoms with Crippen molar-refractivity contribution < 1.29 is 4.39 Å². The molecule has 0 spiro atoms. The molecule has 0 saturated carbocycles. The summed E-state index contributed by atoms with van der Waals surface area (Å²) >= 11 is 8.84. The van der Waals surface area contributed by atoms with E-state index >= 15 is 0 Å². The molecule has 0 aliphatic carbocycles. The predicted octanol–water partition coefficient (Wildman–Crippen LogP) is 4.18. The minimum atomic E-state index is -0.690. The highest BCUT2D eigenvalue weighted by Gasteiger charge is 2.15. The monoisotopic (exact) mass is 304 g/mol. The van der Waals surface area contributed by atoms with Crippen LogP contribution in [-0.4, -0.2) is 6.54 Å². The van der Waals surface area contributed by atoms with Crippen LogP contribution in [-0.2, 0) is 0 Å². The van der Waals surface area contributed by atoms with Crippen molar-refractivity contribution in [1.82, 2.24) is 0 Å². The van der Waals surface area contributed by atoms with E-state index in [1.54, 1.807) is 6.07 Å². The van der Waals surface area contributed by atoms with Gasteiger partial charge in [-0.3, -0.25) is 0 Å². The van der Waals surface area contributed by atoms with Crippen LogP contribution in [0, 0.1) is 23.1 Å². The number of nitrogens with one attached hydrogen (secondary N) is 1. The van der Waals surface area contributed by atoms with Gasteiger partial charge in [0.1, 0.15) is 11.6 Å². The molecule has 1 aromatic carbocycles. The minimum absolute atomic E-state index is 0.0474. The van der Waals surface area contributed by atoms with Crippen molar-refractivity contribution in [2.45, 2.75) is 13.8 Å². The highest BCUT2D eigenvalue weighted by molar-refractivity contribution is 9.10. The van der Waals surface area contributed by atoms with Gasteiger partial charge in [-0.2, -0.15) is 5.26 Å². The summed E-state index contributed by atoms with van der Waals surface area (Å²) in [5.41, 5.74) is 0.416. The van der Waals surface area contributed by atoms with Gasteiger partial charge in [0.05, 0.1) is 10.7 Å². The van der Waals surface area contributed by atoms with Gasteiger partial charge in [0.2, 0.25) is 0 Å². The fraction of sp³-hybridized carbons (Fsp3) is 0.364. The molecule has 0 aromatic heterocycles. The lowest BCUT2D eigenvalue weighted by Crippen LogP contribution is -2.10. The van der Waals surface area contributed by atoms with Crippen molar-refractivity contribution in [3.05, 3.63) is 26.9 Å². The van der Waals surface area contributed by atoms with Crippen LogP contribution in [0.4, 0.5) is 10.1 Å². The SMILES string of the molecule is CC(C)CNc1cc(Br)c(Cl)c(F)c1C#N. The summed E-state index contributed by atoms with van der Waals surface area (Å²) in [5, 5.41) is 11.8. The van der Waals surface area contributed by atoms with Gasteiger partial charge in [0.25, 0.3) is 0 Å². The number of nitriles is 1. The third-order valence-electron chi connectivity index (χ3n) is 1.97. The molecule has 1 N–H and O–H groups in total. The van der Waals surface area contributed by atoms with Gasteiger partial charge in [-0.1, -0.05) is 25.4 Å². The van der Waals surface area contributed by atoms with Crippen molar-refractivity contribution in [2.24, 2.45) is 5.92 Å². The average molecular weight is 306 g/mol. The van der Waals surface area contributed by atoms with Crippen LogP contribution < -0.4 is 5.32 Å². The van der Waals surface area contributed by atoms with Gasteiger partial charge >= 0.3 is 0 Å². The molecule has 0 aliphatic rings. The maximum absolute atomic E-state index is 13.6. The van der Waals surface area contributed by atoms with E-state index in [1.807, 2.05) is 19.9 Å². The van der Waals surface area contributed by atoms with Gasteiger partial charge in [-0.05, 0) is 27.9 Å². The zero-order valence-electron chi connectivity index (χ0n) is 8.94. The first-order valence-corrected chi connectivity index (χ1v) is 5.96. The Bertz CT molecular complexity index is 441. The van der Waals surface area contributed by atoms with Crippen LogP contribution in [0.15, 0.2) is 10.5 Å². The maximum Gasteiger partial charge on any atom is 0.162 e. The van der Waals surface area contributed by atoms with Crippen molar-refractivity contribution in [3.63, 3.8) is 0 Å². The summed E-state index contributed by atoms with van der Waals surface area (Å²) in [6, 6.07) is 3.43. The van der Waals surface area contributed by atoms with E-state index in [0.717, 1.165) is 0 Å². The zero-order valence-corrected chi connectivity index (χ0v) is 11.3. The number of halogens is 3. The molecule has 1 aromatic rings. The Kier molecular flexibility index (Phi) is 4.57. The topological polar surface area (TPSA) is 35.8 Å². The van der Waals surface area contributed by atoms with Crippen molar-refractivity contribution >= 4 is 33.2 Å². The molecule has 0 atom stereocenters. The molecule has 0 unspecified atom stereocenters. The number of anilines is 1. The highest BCUT2D eigenvalue weighted by atomic mass is 79.9. The van der Waals surface area contributed by atoms with Gasteiger partial charge in [0, 0.05) is 11.0 Å². The van der Waals surface area contributed by atoms with Gasteiger partial charge in [-0.15, -0.1) is 0 Å². The molecule has 0 saturated heterocycles. The Hall–Kier alpha value is -0.790. The molecule has 0 amide bonds. The smallest absolute Gasteiger partial charge is 0.162 e. The van der Waals surface area contributed by atoms with Crippen LogP contribution in [0.5, 0.6) is 0 Å². The molecule has 5 heteroatoms. The lowest BCUT2D eigenvalue weighted by atomic mass is 10.1. The Morgan fingerprint density at radius 1 is 1.62 bits per heavy atom. The molecular weight excluding hydrogens is 294 g/mol. The van der Waals surface area contributed by atoms with E-state index in [0.29, 0.717) is 22.6 Å². The van der Waals surface area contributed by atoms with E-state index in [-0.39, 0.29) is 10.6 Å². The molecule has 1 rings (SSSR count). The summed E-state index contributed by atoms with van der Waals surface area (Å²) in [5.74, 6) is -0.283. The molecule has 0 heterocycles. The molecule has 86 valence electrons. The standard InChI is InChI=1S/C11H11BrClFN2/c1-6(2)5-16-9-3-8(12)10(13)11(14)7(9)4-15/h3,6,16H,5H2,1-2H3. The Balaban J connectivity index is 3.14. The van der Waals surface area contributed by atoms with Crippen molar-refractivity contribution in [1.29, 1.82) is 5.26 Å². The molecule has 0 radical (unpaired) electrons. The predicted molar refractivity (Wildman–Crippen MR) is 67.2 cm³/mol. The first kappa shape index (κ1) is 13.3. The van der Waals surface area contributed by atoms with Crippen LogP contribution in [0.2, 0.25) is 5.02 Å². The lowest BCUT2D eigenvalue weighted by molar-refractivity contribution is 0.623. The van der Waals surface area contributed by atoms with Gasteiger partial charge in [0.15, 0.2) is 5.82 Å². The molecule has 0 bridgehead atoms. The Labute approximate surface area is 108 Å². The Morgan fingerprint density at radius 3 is 2.75 bits per heavy atom. The summed E-state index contributed by atoms with van der Waals surface area (Å²) in [6.07, 6.45) is 0. The quantitative estimate of drug-likeness (QED) is 0.850. The third-order valence-corrected chi connectivity index (χ3v) is 3.20. The van der Waals surface area contributed by atoms with Crippen molar-refractivity contribution in [2.75, 3.05) is 11.9 Å². The molecule has 0 aliphatic heterocycles.